The van der Waals surface area contributed by atoms with Gasteiger partial charge in [-0.3, -0.25) is 4.79 Å². The number of hydrogen-bond donors (Lipinski definition) is 0. The van der Waals surface area contributed by atoms with E-state index in [0.29, 0.717) is 12.3 Å². The second-order valence-electron chi connectivity index (χ2n) is 11.2. The molecule has 1 heterocycles. The minimum absolute atomic E-state index is 0.00267. The zero-order chi connectivity index (χ0) is 23.3. The van der Waals surface area contributed by atoms with Gasteiger partial charge in [-0.2, -0.15) is 0 Å². The number of aryl methyl sites for hydroxylation is 2. The highest BCUT2D eigenvalue weighted by Gasteiger charge is 2.44. The number of carbonyl (C=O) groups is 1. The molecule has 0 fully saturated rings. The van der Waals surface area contributed by atoms with Crippen molar-refractivity contribution < 1.29 is 9.53 Å². The Morgan fingerprint density at radius 1 is 0.909 bits per heavy atom. The molecule has 2 aromatic carbocycles. The summed E-state index contributed by atoms with van der Waals surface area (Å²) in [4.78, 5) is 13.5. The van der Waals surface area contributed by atoms with Crippen molar-refractivity contribution in [3.8, 4) is 0 Å². The van der Waals surface area contributed by atoms with Crippen LogP contribution in [-0.4, -0.2) is 5.78 Å². The summed E-state index contributed by atoms with van der Waals surface area (Å²) in [6, 6.07) is 17.4. The summed E-state index contributed by atoms with van der Waals surface area (Å²) in [5, 5.41) is 0. The van der Waals surface area contributed by atoms with Crippen LogP contribution in [0.2, 0.25) is 0 Å². The molecule has 0 N–H and O–H groups in total. The minimum atomic E-state index is -0.0748. The molecule has 2 atom stereocenters. The zero-order valence-electron chi connectivity index (χ0n) is 20.5. The van der Waals surface area contributed by atoms with E-state index >= 15 is 0 Å². The molecule has 1 aliphatic heterocycles. The highest BCUT2D eigenvalue weighted by molar-refractivity contribution is 6.00. The lowest BCUT2D eigenvalue weighted by Crippen LogP contribution is -2.34. The van der Waals surface area contributed by atoms with E-state index in [9.17, 15) is 4.79 Å². The fourth-order valence-electron chi connectivity index (χ4n) is 5.70. The largest absolute Gasteiger partial charge is 0.461 e. The highest BCUT2D eigenvalue weighted by atomic mass is 16.5. The first-order chi connectivity index (χ1) is 15.7. The van der Waals surface area contributed by atoms with E-state index in [0.717, 1.165) is 36.4 Å². The number of benzene rings is 2. The maximum absolute atomic E-state index is 13.5. The van der Waals surface area contributed by atoms with Crippen molar-refractivity contribution in [2.45, 2.75) is 66.2 Å². The van der Waals surface area contributed by atoms with E-state index in [1.807, 2.05) is 0 Å². The van der Waals surface area contributed by atoms with Crippen molar-refractivity contribution in [1.82, 2.24) is 0 Å². The Morgan fingerprint density at radius 3 is 2.21 bits per heavy atom. The molecular weight excluding hydrogens is 404 g/mol. The molecule has 170 valence electrons. The van der Waals surface area contributed by atoms with Crippen LogP contribution < -0.4 is 0 Å². The summed E-state index contributed by atoms with van der Waals surface area (Å²) in [6.45, 7) is 10.9. The number of ether oxygens (including phenoxy) is 1. The van der Waals surface area contributed by atoms with Crippen LogP contribution in [0.15, 0.2) is 76.8 Å². The van der Waals surface area contributed by atoms with Crippen molar-refractivity contribution in [3.63, 3.8) is 0 Å². The summed E-state index contributed by atoms with van der Waals surface area (Å²) in [7, 11) is 0. The zero-order valence-corrected chi connectivity index (χ0v) is 20.5. The van der Waals surface area contributed by atoms with Gasteiger partial charge < -0.3 is 4.74 Å². The summed E-state index contributed by atoms with van der Waals surface area (Å²) in [6.07, 6.45) is 5.64. The van der Waals surface area contributed by atoms with Crippen molar-refractivity contribution in [2.75, 3.05) is 0 Å². The molecule has 0 saturated carbocycles. The first kappa shape index (κ1) is 21.9. The molecule has 0 radical (unpaired) electrons. The summed E-state index contributed by atoms with van der Waals surface area (Å²) in [5.41, 5.74) is 8.28. The van der Waals surface area contributed by atoms with Crippen LogP contribution in [0, 0.1) is 25.2 Å². The minimum Gasteiger partial charge on any atom is -0.461 e. The van der Waals surface area contributed by atoms with Crippen molar-refractivity contribution in [3.05, 3.63) is 99.0 Å². The van der Waals surface area contributed by atoms with Gasteiger partial charge in [-0.25, -0.2) is 0 Å². The van der Waals surface area contributed by atoms with Gasteiger partial charge in [-0.1, -0.05) is 80.4 Å². The number of Topliss-reactive ketones (excluding diaryl/α,β-unsaturated/α-hetero) is 1. The number of hydrogen-bond acceptors (Lipinski definition) is 2. The van der Waals surface area contributed by atoms with Crippen LogP contribution in [0.5, 0.6) is 0 Å². The number of allylic oxidation sites excluding steroid dienone is 4. The number of ketones is 1. The van der Waals surface area contributed by atoms with E-state index < -0.39 is 0 Å². The first-order valence-electron chi connectivity index (χ1n) is 12.2. The van der Waals surface area contributed by atoms with Gasteiger partial charge in [-0.15, -0.1) is 0 Å². The molecule has 0 aromatic heterocycles. The van der Waals surface area contributed by atoms with Crippen molar-refractivity contribution in [1.29, 1.82) is 0 Å². The molecule has 0 bridgehead atoms. The third kappa shape index (κ3) is 4.24. The maximum Gasteiger partial charge on any atom is 0.163 e. The van der Waals surface area contributed by atoms with Crippen LogP contribution in [0.25, 0.3) is 6.08 Å². The highest BCUT2D eigenvalue weighted by Crippen LogP contribution is 2.53. The monoisotopic (exact) mass is 438 g/mol. The van der Waals surface area contributed by atoms with E-state index in [1.165, 1.54) is 33.4 Å². The molecule has 0 amide bonds. The normalized spacial score (nSPS) is 25.6. The molecule has 0 spiro atoms. The molecule has 5 rings (SSSR count). The third-order valence-corrected chi connectivity index (χ3v) is 7.29. The molecule has 3 aliphatic rings. The Hall–Kier alpha value is -2.87. The Balaban J connectivity index is 1.68. The molecule has 0 saturated heterocycles. The molecule has 2 aliphatic carbocycles. The van der Waals surface area contributed by atoms with Crippen LogP contribution >= 0.6 is 0 Å². The smallest absolute Gasteiger partial charge is 0.163 e. The quantitative estimate of drug-likeness (QED) is 0.477. The lowest BCUT2D eigenvalue weighted by molar-refractivity contribution is -0.119. The van der Waals surface area contributed by atoms with E-state index in [1.54, 1.807) is 0 Å². The second kappa shape index (κ2) is 8.17. The average molecular weight is 439 g/mol. The average Bonchev–Trinajstić information content (AvgIpc) is 2.74. The molecule has 33 heavy (non-hydrogen) atoms. The van der Waals surface area contributed by atoms with Gasteiger partial charge in [0.2, 0.25) is 0 Å². The van der Waals surface area contributed by atoms with Gasteiger partial charge >= 0.3 is 0 Å². The molecule has 2 heteroatoms. The van der Waals surface area contributed by atoms with Crippen LogP contribution in [-0.2, 0) is 9.53 Å². The predicted octanol–water partition coefficient (Wildman–Crippen LogP) is 7.83. The van der Waals surface area contributed by atoms with Gasteiger partial charge in [0.1, 0.15) is 11.5 Å². The van der Waals surface area contributed by atoms with E-state index in [4.69, 9.17) is 4.74 Å². The van der Waals surface area contributed by atoms with Crippen LogP contribution in [0.4, 0.5) is 0 Å². The van der Waals surface area contributed by atoms with Crippen molar-refractivity contribution in [2.24, 2.45) is 11.3 Å². The van der Waals surface area contributed by atoms with Gasteiger partial charge in [-0.05, 0) is 66.4 Å². The summed E-state index contributed by atoms with van der Waals surface area (Å²) in [5.74, 6) is 2.67. The SMILES string of the molecule is Cc1ccc(/C=C2\CC(C)CC3=C2OC2=C(C(=O)CC(C)(C)C2)C3c2ccc(C)cc2)cc1. The Kier molecular flexibility index (Phi) is 5.43. The Morgan fingerprint density at radius 2 is 1.55 bits per heavy atom. The summed E-state index contributed by atoms with van der Waals surface area (Å²) < 4.78 is 6.70. The first-order valence-corrected chi connectivity index (χ1v) is 12.2. The standard InChI is InChI=1S/C31H34O2/c1-19-6-10-22(11-7-19)16-24-14-21(3)15-25-28(23-12-8-20(2)9-13-23)29-26(32)17-31(4,5)18-27(29)33-30(24)25/h6-13,16,21,28H,14-15,17-18H2,1-5H3/b24-16+. The maximum atomic E-state index is 13.5. The fraction of sp³-hybridized carbons (Fsp3) is 0.387. The van der Waals surface area contributed by atoms with Crippen LogP contribution in [0.3, 0.4) is 0 Å². The molecule has 2 nitrogen and oxygen atoms in total. The second-order valence-corrected chi connectivity index (χ2v) is 11.2. The van der Waals surface area contributed by atoms with E-state index in [-0.39, 0.29) is 17.1 Å². The third-order valence-electron chi connectivity index (χ3n) is 7.29. The van der Waals surface area contributed by atoms with E-state index in [2.05, 4.69) is 89.2 Å². The number of carbonyl (C=O) groups excluding carboxylic acids is 1. The van der Waals surface area contributed by atoms with Gasteiger partial charge in [0.15, 0.2) is 5.78 Å². The predicted molar refractivity (Wildman–Crippen MR) is 135 cm³/mol. The molecular formula is C31H34O2. The van der Waals surface area contributed by atoms with Gasteiger partial charge in [0, 0.05) is 24.3 Å². The topological polar surface area (TPSA) is 26.3 Å². The number of rotatable bonds is 2. The molecule has 2 unspecified atom stereocenters. The van der Waals surface area contributed by atoms with Crippen LogP contribution in [0.1, 0.15) is 74.6 Å². The lowest BCUT2D eigenvalue weighted by atomic mass is 9.67. The van der Waals surface area contributed by atoms with Gasteiger partial charge in [0.05, 0.1) is 0 Å². The fourth-order valence-corrected chi connectivity index (χ4v) is 5.70. The molecule has 2 aromatic rings. The summed E-state index contributed by atoms with van der Waals surface area (Å²) >= 11 is 0. The lowest BCUT2D eigenvalue weighted by Gasteiger charge is -2.42. The Labute approximate surface area is 198 Å². The van der Waals surface area contributed by atoms with Crippen molar-refractivity contribution >= 4 is 11.9 Å². The van der Waals surface area contributed by atoms with Gasteiger partial charge in [0.25, 0.3) is 0 Å². The Bertz CT molecular complexity index is 1190.